The molecule has 5 heteroatoms. The standard InChI is InChI=1S/C14H23N3O2/c1-3-16-13-11-15-8-7-12(13)14(19)17(2)9-5-4-6-10-18/h7-8,11,16,18H,3-6,9-10H2,1-2H3. The Morgan fingerprint density at radius 1 is 1.42 bits per heavy atom. The molecule has 0 radical (unpaired) electrons. The fourth-order valence-corrected chi connectivity index (χ4v) is 1.86. The van der Waals surface area contributed by atoms with Gasteiger partial charge in [-0.2, -0.15) is 0 Å². The first kappa shape index (κ1) is 15.4. The largest absolute Gasteiger partial charge is 0.396 e. The van der Waals surface area contributed by atoms with Gasteiger partial charge >= 0.3 is 0 Å². The molecule has 0 aliphatic carbocycles. The third-order valence-electron chi connectivity index (χ3n) is 2.92. The van der Waals surface area contributed by atoms with Gasteiger partial charge in [0, 0.05) is 32.9 Å². The van der Waals surface area contributed by atoms with Gasteiger partial charge in [0.1, 0.15) is 0 Å². The Morgan fingerprint density at radius 2 is 2.21 bits per heavy atom. The summed E-state index contributed by atoms with van der Waals surface area (Å²) in [5.74, 6) is 0.00217. The summed E-state index contributed by atoms with van der Waals surface area (Å²) in [6.45, 7) is 3.66. The van der Waals surface area contributed by atoms with E-state index in [9.17, 15) is 4.79 Å². The summed E-state index contributed by atoms with van der Waals surface area (Å²) in [5, 5.41) is 11.9. The maximum Gasteiger partial charge on any atom is 0.255 e. The van der Waals surface area contributed by atoms with Gasteiger partial charge in [0.15, 0.2) is 0 Å². The number of anilines is 1. The highest BCUT2D eigenvalue weighted by molar-refractivity contribution is 5.99. The van der Waals surface area contributed by atoms with Crippen molar-refractivity contribution in [2.45, 2.75) is 26.2 Å². The van der Waals surface area contributed by atoms with Crippen molar-refractivity contribution in [1.29, 1.82) is 0 Å². The van der Waals surface area contributed by atoms with Gasteiger partial charge in [-0.15, -0.1) is 0 Å². The first-order valence-corrected chi connectivity index (χ1v) is 6.75. The van der Waals surface area contributed by atoms with E-state index in [1.54, 1.807) is 30.4 Å². The molecule has 1 rings (SSSR count). The summed E-state index contributed by atoms with van der Waals surface area (Å²) in [6.07, 6.45) is 5.94. The number of amides is 1. The average molecular weight is 265 g/mol. The number of carbonyl (C=O) groups is 1. The normalized spacial score (nSPS) is 10.3. The van der Waals surface area contributed by atoms with Crippen molar-refractivity contribution in [1.82, 2.24) is 9.88 Å². The number of nitrogens with one attached hydrogen (secondary N) is 1. The lowest BCUT2D eigenvalue weighted by molar-refractivity contribution is 0.0793. The minimum atomic E-state index is 0.00217. The molecule has 0 unspecified atom stereocenters. The van der Waals surface area contributed by atoms with Crippen LogP contribution in [0, 0.1) is 0 Å². The molecule has 0 aliphatic rings. The summed E-state index contributed by atoms with van der Waals surface area (Å²) in [4.78, 5) is 18.1. The first-order chi connectivity index (χ1) is 9.20. The molecule has 1 heterocycles. The zero-order valence-electron chi connectivity index (χ0n) is 11.7. The van der Waals surface area contributed by atoms with E-state index < -0.39 is 0 Å². The topological polar surface area (TPSA) is 65.5 Å². The Hall–Kier alpha value is -1.62. The summed E-state index contributed by atoms with van der Waals surface area (Å²) in [5.41, 5.74) is 1.43. The number of pyridine rings is 1. The Bertz CT molecular complexity index is 396. The summed E-state index contributed by atoms with van der Waals surface area (Å²) in [6, 6.07) is 1.74. The molecular weight excluding hydrogens is 242 g/mol. The van der Waals surface area contributed by atoms with E-state index in [4.69, 9.17) is 5.11 Å². The van der Waals surface area contributed by atoms with Crippen LogP contribution in [0.1, 0.15) is 36.5 Å². The Kier molecular flexibility index (Phi) is 6.89. The molecule has 0 aromatic carbocycles. The van der Waals surface area contributed by atoms with Gasteiger partial charge in [-0.25, -0.2) is 0 Å². The van der Waals surface area contributed by atoms with Crippen molar-refractivity contribution >= 4 is 11.6 Å². The maximum atomic E-state index is 12.3. The second-order valence-electron chi connectivity index (χ2n) is 4.46. The van der Waals surface area contributed by atoms with Crippen molar-refractivity contribution < 1.29 is 9.90 Å². The number of aromatic nitrogens is 1. The van der Waals surface area contributed by atoms with E-state index in [2.05, 4.69) is 10.3 Å². The molecule has 0 saturated carbocycles. The lowest BCUT2D eigenvalue weighted by atomic mass is 10.2. The molecule has 19 heavy (non-hydrogen) atoms. The molecule has 0 atom stereocenters. The lowest BCUT2D eigenvalue weighted by Crippen LogP contribution is -2.28. The van der Waals surface area contributed by atoms with Crippen molar-refractivity contribution in [3.63, 3.8) is 0 Å². The van der Waals surface area contributed by atoms with Crippen LogP contribution in [0.2, 0.25) is 0 Å². The Balaban J connectivity index is 2.60. The molecule has 0 spiro atoms. The van der Waals surface area contributed by atoms with Crippen LogP contribution in [0.5, 0.6) is 0 Å². The molecule has 2 N–H and O–H groups in total. The van der Waals surface area contributed by atoms with Crippen LogP contribution in [0.25, 0.3) is 0 Å². The third kappa shape index (κ3) is 4.87. The molecule has 0 aliphatic heterocycles. The number of hydrogen-bond donors (Lipinski definition) is 2. The molecule has 106 valence electrons. The molecule has 1 aromatic rings. The number of aliphatic hydroxyl groups excluding tert-OH is 1. The van der Waals surface area contributed by atoms with E-state index in [-0.39, 0.29) is 12.5 Å². The van der Waals surface area contributed by atoms with Crippen LogP contribution in [-0.2, 0) is 0 Å². The van der Waals surface area contributed by atoms with Crippen LogP contribution in [0.15, 0.2) is 18.5 Å². The third-order valence-corrected chi connectivity index (χ3v) is 2.92. The van der Waals surface area contributed by atoms with Gasteiger partial charge < -0.3 is 15.3 Å². The number of unbranched alkanes of at least 4 members (excludes halogenated alkanes) is 2. The van der Waals surface area contributed by atoms with E-state index in [1.807, 2.05) is 6.92 Å². The number of hydrogen-bond acceptors (Lipinski definition) is 4. The predicted octanol–water partition coefficient (Wildman–Crippen LogP) is 1.75. The van der Waals surface area contributed by atoms with Gasteiger partial charge in [-0.05, 0) is 32.3 Å². The summed E-state index contributed by atoms with van der Waals surface area (Å²) < 4.78 is 0. The molecule has 0 bridgehead atoms. The van der Waals surface area contributed by atoms with Gasteiger partial charge in [0.2, 0.25) is 0 Å². The van der Waals surface area contributed by atoms with Crippen LogP contribution in [0.3, 0.4) is 0 Å². The number of carbonyl (C=O) groups excluding carboxylic acids is 1. The second-order valence-corrected chi connectivity index (χ2v) is 4.46. The molecule has 1 amide bonds. The highest BCUT2D eigenvalue weighted by Crippen LogP contribution is 2.15. The van der Waals surface area contributed by atoms with Crippen molar-refractivity contribution in [3.8, 4) is 0 Å². The van der Waals surface area contributed by atoms with Crippen LogP contribution in [-0.4, -0.2) is 47.6 Å². The zero-order chi connectivity index (χ0) is 14.1. The number of rotatable bonds is 8. The quantitative estimate of drug-likeness (QED) is 0.703. The van der Waals surface area contributed by atoms with Crippen molar-refractivity contribution in [3.05, 3.63) is 24.0 Å². The van der Waals surface area contributed by atoms with Crippen molar-refractivity contribution in [2.75, 3.05) is 32.1 Å². The maximum absolute atomic E-state index is 12.3. The van der Waals surface area contributed by atoms with Gasteiger partial charge in [-0.3, -0.25) is 9.78 Å². The zero-order valence-corrected chi connectivity index (χ0v) is 11.7. The van der Waals surface area contributed by atoms with Crippen LogP contribution in [0.4, 0.5) is 5.69 Å². The van der Waals surface area contributed by atoms with E-state index >= 15 is 0 Å². The van der Waals surface area contributed by atoms with Gasteiger partial charge in [0.25, 0.3) is 5.91 Å². The highest BCUT2D eigenvalue weighted by Gasteiger charge is 2.15. The predicted molar refractivity (Wildman–Crippen MR) is 76.3 cm³/mol. The average Bonchev–Trinajstić information content (AvgIpc) is 2.43. The SMILES string of the molecule is CCNc1cnccc1C(=O)N(C)CCCCCO. The fraction of sp³-hybridized carbons (Fsp3) is 0.571. The summed E-state index contributed by atoms with van der Waals surface area (Å²) >= 11 is 0. The van der Waals surface area contributed by atoms with Gasteiger partial charge in [-0.1, -0.05) is 0 Å². The monoisotopic (exact) mass is 265 g/mol. The van der Waals surface area contributed by atoms with E-state index in [0.717, 1.165) is 31.5 Å². The Labute approximate surface area is 114 Å². The fourth-order valence-electron chi connectivity index (χ4n) is 1.86. The molecule has 0 saturated heterocycles. The number of aliphatic hydroxyl groups is 1. The molecule has 5 nitrogen and oxygen atoms in total. The van der Waals surface area contributed by atoms with Crippen LogP contribution < -0.4 is 5.32 Å². The second kappa shape index (κ2) is 8.48. The molecule has 1 aromatic heterocycles. The molecular formula is C14H23N3O2. The minimum Gasteiger partial charge on any atom is -0.396 e. The smallest absolute Gasteiger partial charge is 0.255 e. The van der Waals surface area contributed by atoms with Crippen molar-refractivity contribution in [2.24, 2.45) is 0 Å². The van der Waals surface area contributed by atoms with E-state index in [1.165, 1.54) is 0 Å². The highest BCUT2D eigenvalue weighted by atomic mass is 16.2. The van der Waals surface area contributed by atoms with Crippen LogP contribution >= 0.6 is 0 Å². The number of nitrogens with zero attached hydrogens (tertiary/aromatic N) is 2. The summed E-state index contributed by atoms with van der Waals surface area (Å²) in [7, 11) is 1.80. The minimum absolute atomic E-state index is 0.00217. The lowest BCUT2D eigenvalue weighted by Gasteiger charge is -2.19. The first-order valence-electron chi connectivity index (χ1n) is 6.75. The Morgan fingerprint density at radius 3 is 2.89 bits per heavy atom. The van der Waals surface area contributed by atoms with Gasteiger partial charge in [0.05, 0.1) is 17.4 Å². The molecule has 0 fully saturated rings. The van der Waals surface area contributed by atoms with E-state index in [0.29, 0.717) is 12.1 Å².